The molecule has 1 saturated carbocycles. The first-order chi connectivity index (χ1) is 13.8. The van der Waals surface area contributed by atoms with Crippen molar-refractivity contribution >= 4 is 45.8 Å². The molecule has 0 radical (unpaired) electrons. The van der Waals surface area contributed by atoms with Crippen LogP contribution in [0.3, 0.4) is 0 Å². The molecular weight excluding hydrogens is 410 g/mol. The number of Topliss-reactive ketones (excluding diaryl/α,β-unsaturated/α-hetero) is 1. The molecule has 1 aliphatic carbocycles. The number of aryl methyl sites for hydroxylation is 1. The Bertz CT molecular complexity index is 1100. The van der Waals surface area contributed by atoms with Crippen molar-refractivity contribution in [3.63, 3.8) is 0 Å². The molecule has 1 amide bonds. The number of aromatic nitrogens is 4. The summed E-state index contributed by atoms with van der Waals surface area (Å²) in [5, 5.41) is 18.7. The number of thioether (sulfide) groups is 1. The van der Waals surface area contributed by atoms with Gasteiger partial charge in [0.2, 0.25) is 0 Å². The number of rotatable bonds is 7. The minimum absolute atomic E-state index is 0.0809. The Kier molecular flexibility index (Phi) is 5.18. The van der Waals surface area contributed by atoms with Gasteiger partial charge in [-0.25, -0.2) is 9.97 Å². The summed E-state index contributed by atoms with van der Waals surface area (Å²) in [6.07, 6.45) is 3.91. The summed E-state index contributed by atoms with van der Waals surface area (Å²) >= 11 is 2.49. The van der Waals surface area contributed by atoms with E-state index in [1.807, 2.05) is 7.05 Å². The molecule has 3 heterocycles. The molecule has 29 heavy (non-hydrogen) atoms. The van der Waals surface area contributed by atoms with Crippen molar-refractivity contribution in [1.82, 2.24) is 25.1 Å². The number of amides is 1. The lowest BCUT2D eigenvalue weighted by Gasteiger charge is -2.19. The van der Waals surface area contributed by atoms with Crippen LogP contribution in [0.1, 0.15) is 46.1 Å². The SMILES string of the molecule is CNC(=O)[C@](C)(O)c1ccc(C(=O)CSc2nc(C3CC3)nc3c2cnn3C)s1. The molecule has 0 aromatic carbocycles. The number of carbonyl (C=O) groups excluding carboxylic acids is 2. The van der Waals surface area contributed by atoms with Crippen molar-refractivity contribution in [3.8, 4) is 0 Å². The predicted octanol–water partition coefficient (Wildman–Crippen LogP) is 2.23. The third kappa shape index (κ3) is 3.79. The molecule has 10 heteroatoms. The molecule has 0 bridgehead atoms. The van der Waals surface area contributed by atoms with Gasteiger partial charge in [-0.1, -0.05) is 11.8 Å². The second-order valence-corrected chi connectivity index (χ2v) is 9.24. The van der Waals surface area contributed by atoms with Gasteiger partial charge in [0.15, 0.2) is 17.0 Å². The maximum absolute atomic E-state index is 12.7. The van der Waals surface area contributed by atoms with E-state index in [4.69, 9.17) is 0 Å². The Morgan fingerprint density at radius 3 is 2.83 bits per heavy atom. The largest absolute Gasteiger partial charge is 0.375 e. The monoisotopic (exact) mass is 431 g/mol. The first-order valence-electron chi connectivity index (χ1n) is 9.21. The highest BCUT2D eigenvalue weighted by molar-refractivity contribution is 8.00. The summed E-state index contributed by atoms with van der Waals surface area (Å²) < 4.78 is 1.72. The molecule has 4 rings (SSSR count). The van der Waals surface area contributed by atoms with E-state index in [-0.39, 0.29) is 11.5 Å². The Labute approximate surface area is 175 Å². The van der Waals surface area contributed by atoms with E-state index in [0.29, 0.717) is 15.7 Å². The van der Waals surface area contributed by atoms with Crippen LogP contribution in [-0.2, 0) is 17.4 Å². The summed E-state index contributed by atoms with van der Waals surface area (Å²) in [7, 11) is 3.31. The molecule has 1 aliphatic rings. The zero-order valence-corrected chi connectivity index (χ0v) is 17.9. The summed E-state index contributed by atoms with van der Waals surface area (Å²) in [5.41, 5.74) is -0.893. The minimum Gasteiger partial charge on any atom is -0.375 e. The Balaban J connectivity index is 1.53. The lowest BCUT2D eigenvalue weighted by atomic mass is 10.0. The number of thiophene rings is 1. The van der Waals surface area contributed by atoms with Gasteiger partial charge in [0, 0.05) is 24.9 Å². The van der Waals surface area contributed by atoms with E-state index in [1.54, 1.807) is 23.0 Å². The summed E-state index contributed by atoms with van der Waals surface area (Å²) in [5.74, 6) is 0.822. The van der Waals surface area contributed by atoms with Gasteiger partial charge in [-0.2, -0.15) is 5.10 Å². The molecule has 0 aliphatic heterocycles. The first kappa shape index (κ1) is 20.0. The van der Waals surface area contributed by atoms with Crippen molar-refractivity contribution in [2.75, 3.05) is 12.8 Å². The van der Waals surface area contributed by atoms with E-state index in [0.717, 1.165) is 46.1 Å². The molecule has 1 fully saturated rings. The van der Waals surface area contributed by atoms with Gasteiger partial charge in [0.25, 0.3) is 5.91 Å². The van der Waals surface area contributed by atoms with E-state index in [9.17, 15) is 14.7 Å². The van der Waals surface area contributed by atoms with Crippen molar-refractivity contribution < 1.29 is 14.7 Å². The minimum atomic E-state index is -1.67. The average Bonchev–Trinajstić information content (AvgIpc) is 3.31. The zero-order valence-electron chi connectivity index (χ0n) is 16.3. The van der Waals surface area contributed by atoms with E-state index in [1.165, 1.54) is 25.7 Å². The molecule has 0 saturated heterocycles. The van der Waals surface area contributed by atoms with Gasteiger partial charge in [-0.05, 0) is 31.9 Å². The van der Waals surface area contributed by atoms with Crippen molar-refractivity contribution in [2.24, 2.45) is 7.05 Å². The Morgan fingerprint density at radius 1 is 1.38 bits per heavy atom. The van der Waals surface area contributed by atoms with Crippen LogP contribution in [0.2, 0.25) is 0 Å². The highest BCUT2D eigenvalue weighted by Gasteiger charge is 2.34. The van der Waals surface area contributed by atoms with Crippen LogP contribution in [-0.4, -0.2) is 49.3 Å². The van der Waals surface area contributed by atoms with Crippen molar-refractivity contribution in [3.05, 3.63) is 33.9 Å². The standard InChI is InChI=1S/C19H21N5O3S2/c1-19(27,18(26)20-2)14-7-6-13(29-14)12(25)9-28-17-11-8-21-24(3)16(11)22-15(23-17)10-4-5-10/h6-8,10,27H,4-5,9H2,1-3H3,(H,20,26)/t19-/m1/s1. The fourth-order valence-corrected chi connectivity index (χ4v) is 4.91. The number of carbonyl (C=O) groups is 2. The quantitative estimate of drug-likeness (QED) is 0.335. The van der Waals surface area contributed by atoms with Crippen LogP contribution >= 0.6 is 23.1 Å². The number of likely N-dealkylation sites (N-methyl/N-ethyl adjacent to an activating group) is 1. The number of nitrogens with zero attached hydrogens (tertiary/aromatic N) is 4. The lowest BCUT2D eigenvalue weighted by Crippen LogP contribution is -2.39. The second-order valence-electron chi connectivity index (χ2n) is 7.19. The van der Waals surface area contributed by atoms with Gasteiger partial charge in [-0.3, -0.25) is 14.3 Å². The van der Waals surface area contributed by atoms with Crippen molar-refractivity contribution in [1.29, 1.82) is 0 Å². The highest BCUT2D eigenvalue weighted by atomic mass is 32.2. The summed E-state index contributed by atoms with van der Waals surface area (Å²) in [4.78, 5) is 34.8. The van der Waals surface area contributed by atoms with Gasteiger partial charge in [-0.15, -0.1) is 11.3 Å². The van der Waals surface area contributed by atoms with Gasteiger partial charge < -0.3 is 10.4 Å². The number of hydrogen-bond acceptors (Lipinski definition) is 8. The van der Waals surface area contributed by atoms with Gasteiger partial charge >= 0.3 is 0 Å². The number of fused-ring (bicyclic) bond motifs is 1. The van der Waals surface area contributed by atoms with Gasteiger partial charge in [0.1, 0.15) is 10.9 Å². The third-order valence-corrected chi connectivity index (χ3v) is 7.22. The summed E-state index contributed by atoms with van der Waals surface area (Å²) in [6, 6.07) is 3.27. The van der Waals surface area contributed by atoms with Crippen LogP contribution in [0, 0.1) is 0 Å². The fraction of sp³-hybridized carbons (Fsp3) is 0.421. The van der Waals surface area contributed by atoms with E-state index in [2.05, 4.69) is 20.4 Å². The maximum Gasteiger partial charge on any atom is 0.256 e. The molecule has 3 aromatic heterocycles. The van der Waals surface area contributed by atoms with Crippen LogP contribution in [0.4, 0.5) is 0 Å². The second kappa shape index (κ2) is 7.51. The normalized spacial score (nSPS) is 16.0. The molecule has 2 N–H and O–H groups in total. The molecule has 3 aromatic rings. The molecule has 152 valence electrons. The Morgan fingerprint density at radius 2 is 2.14 bits per heavy atom. The summed E-state index contributed by atoms with van der Waals surface area (Å²) in [6.45, 7) is 1.42. The topological polar surface area (TPSA) is 110 Å². The molecule has 0 spiro atoms. The number of nitrogens with one attached hydrogen (secondary N) is 1. The van der Waals surface area contributed by atoms with E-state index >= 15 is 0 Å². The zero-order chi connectivity index (χ0) is 20.8. The fourth-order valence-electron chi connectivity index (χ4n) is 2.96. The number of hydrogen-bond donors (Lipinski definition) is 2. The molecule has 8 nitrogen and oxygen atoms in total. The molecule has 1 atom stereocenters. The van der Waals surface area contributed by atoms with Crippen LogP contribution in [0.25, 0.3) is 11.0 Å². The number of aliphatic hydroxyl groups is 1. The Hall–Kier alpha value is -2.30. The number of ketones is 1. The maximum atomic E-state index is 12.7. The van der Waals surface area contributed by atoms with Gasteiger partial charge in [0.05, 0.1) is 22.2 Å². The molecular formula is C19H21N5O3S2. The highest BCUT2D eigenvalue weighted by Crippen LogP contribution is 2.40. The first-order valence-corrected chi connectivity index (χ1v) is 11.0. The van der Waals surface area contributed by atoms with Crippen LogP contribution < -0.4 is 5.32 Å². The van der Waals surface area contributed by atoms with Crippen molar-refractivity contribution in [2.45, 2.75) is 36.3 Å². The van der Waals surface area contributed by atoms with Crippen LogP contribution in [0.5, 0.6) is 0 Å². The average molecular weight is 432 g/mol. The lowest BCUT2D eigenvalue weighted by molar-refractivity contribution is -0.138. The predicted molar refractivity (Wildman–Crippen MR) is 111 cm³/mol. The smallest absolute Gasteiger partial charge is 0.256 e. The van der Waals surface area contributed by atoms with E-state index < -0.39 is 11.5 Å². The third-order valence-electron chi connectivity index (χ3n) is 4.89. The van der Waals surface area contributed by atoms with Crippen LogP contribution in [0.15, 0.2) is 23.4 Å². The molecule has 0 unspecified atom stereocenters.